The van der Waals surface area contributed by atoms with Gasteiger partial charge in [-0.05, 0) is 60.4 Å². The van der Waals surface area contributed by atoms with Crippen LogP contribution < -0.4 is 10.1 Å². The Labute approximate surface area is 256 Å². The number of carboxylic acid groups (broad SMARTS) is 1. The number of sulfonamides is 1. The van der Waals surface area contributed by atoms with Crippen LogP contribution in [0.5, 0.6) is 5.75 Å². The van der Waals surface area contributed by atoms with Crippen LogP contribution in [-0.2, 0) is 31.8 Å². The molecular formula is C31H35N3O7S2. The first-order chi connectivity index (χ1) is 20.6. The molecule has 10 nitrogen and oxygen atoms in total. The van der Waals surface area contributed by atoms with Gasteiger partial charge in [-0.15, -0.1) is 0 Å². The Balaban J connectivity index is 1.44. The van der Waals surface area contributed by atoms with Gasteiger partial charge in [0.1, 0.15) is 11.8 Å². The number of hydrogen-bond donors (Lipinski definition) is 2. The van der Waals surface area contributed by atoms with Crippen LogP contribution in [-0.4, -0.2) is 84.8 Å². The number of methoxy groups -OCH3 is 1. The van der Waals surface area contributed by atoms with Crippen molar-refractivity contribution in [2.45, 2.75) is 29.9 Å². The van der Waals surface area contributed by atoms with Crippen molar-refractivity contribution in [1.82, 2.24) is 9.21 Å². The minimum atomic E-state index is -3.79. The topological polar surface area (TPSA) is 133 Å². The number of thioether (sulfide) groups is 1. The molecule has 0 aliphatic carbocycles. The van der Waals surface area contributed by atoms with Gasteiger partial charge in [-0.3, -0.25) is 9.59 Å². The van der Waals surface area contributed by atoms with E-state index in [1.807, 2.05) is 54.6 Å². The summed E-state index contributed by atoms with van der Waals surface area (Å²) in [5.41, 5.74) is 2.42. The summed E-state index contributed by atoms with van der Waals surface area (Å²) in [6.45, 7) is -0.0953. The maximum absolute atomic E-state index is 13.6. The lowest BCUT2D eigenvalue weighted by atomic mass is 10.2. The molecule has 1 aliphatic heterocycles. The van der Waals surface area contributed by atoms with Crippen LogP contribution >= 0.6 is 11.8 Å². The van der Waals surface area contributed by atoms with Gasteiger partial charge in [0.05, 0.1) is 25.0 Å². The summed E-state index contributed by atoms with van der Waals surface area (Å²) in [6, 6.07) is 21.7. The Morgan fingerprint density at radius 1 is 1.00 bits per heavy atom. The lowest BCUT2D eigenvalue weighted by Crippen LogP contribution is -2.48. The van der Waals surface area contributed by atoms with Crippen molar-refractivity contribution in [3.63, 3.8) is 0 Å². The number of anilines is 1. The van der Waals surface area contributed by atoms with E-state index < -0.39 is 33.8 Å². The Morgan fingerprint density at radius 3 is 2.30 bits per heavy atom. The molecule has 1 aliphatic rings. The molecular weight excluding hydrogens is 590 g/mol. The summed E-state index contributed by atoms with van der Waals surface area (Å²) < 4.78 is 33.7. The standard InChI is InChI=1S/C31H35N3O7S2/c1-33(20-29(35)32-25-12-10-24(11-13-25)31(37)38)30(36)28-18-27(42-21-23-8-14-26(41-2)15-9-23)19-34(28)43(39,40)17-16-22-6-4-3-5-7-22/h3-15,27-28H,16-21H2,1-2H3,(H,32,35)(H,37,38)/t27-,28+/m1/s1. The molecule has 0 bridgehead atoms. The number of carbonyl (C=O) groups is 3. The van der Waals surface area contributed by atoms with Crippen molar-refractivity contribution in [2.75, 3.05) is 38.3 Å². The molecule has 0 radical (unpaired) electrons. The number of rotatable bonds is 13. The molecule has 12 heteroatoms. The van der Waals surface area contributed by atoms with Crippen LogP contribution in [0.1, 0.15) is 27.9 Å². The predicted octanol–water partition coefficient (Wildman–Crippen LogP) is 3.74. The van der Waals surface area contributed by atoms with Crippen LogP contribution in [0.4, 0.5) is 5.69 Å². The number of amides is 2. The second-order valence-electron chi connectivity index (χ2n) is 10.3. The van der Waals surface area contributed by atoms with Crippen molar-refractivity contribution in [3.05, 3.63) is 95.6 Å². The lowest BCUT2D eigenvalue weighted by molar-refractivity contribution is -0.136. The van der Waals surface area contributed by atoms with Gasteiger partial charge >= 0.3 is 5.97 Å². The van der Waals surface area contributed by atoms with Gasteiger partial charge in [0, 0.05) is 30.3 Å². The third-order valence-electron chi connectivity index (χ3n) is 7.17. The molecule has 43 heavy (non-hydrogen) atoms. The van der Waals surface area contributed by atoms with E-state index in [1.165, 1.54) is 40.5 Å². The minimum Gasteiger partial charge on any atom is -0.497 e. The molecule has 0 spiro atoms. The van der Waals surface area contributed by atoms with Crippen molar-refractivity contribution >= 4 is 45.3 Å². The molecule has 2 atom stereocenters. The molecule has 0 unspecified atom stereocenters. The number of likely N-dealkylation sites (N-methyl/N-ethyl adjacent to an activating group) is 1. The van der Waals surface area contributed by atoms with E-state index in [4.69, 9.17) is 9.84 Å². The number of nitrogens with one attached hydrogen (secondary N) is 1. The largest absolute Gasteiger partial charge is 0.497 e. The fourth-order valence-electron chi connectivity index (χ4n) is 4.81. The average Bonchev–Trinajstić information content (AvgIpc) is 3.45. The predicted molar refractivity (Wildman–Crippen MR) is 167 cm³/mol. The van der Waals surface area contributed by atoms with E-state index >= 15 is 0 Å². The first kappa shape index (κ1) is 32.1. The minimum absolute atomic E-state index is 0.0829. The van der Waals surface area contributed by atoms with Gasteiger partial charge in [-0.1, -0.05) is 42.5 Å². The monoisotopic (exact) mass is 625 g/mol. The molecule has 1 heterocycles. The molecule has 1 fully saturated rings. The third-order valence-corrected chi connectivity index (χ3v) is 10.3. The van der Waals surface area contributed by atoms with E-state index in [9.17, 15) is 22.8 Å². The van der Waals surface area contributed by atoms with Gasteiger partial charge in [-0.2, -0.15) is 16.1 Å². The number of carboxylic acids is 1. The van der Waals surface area contributed by atoms with E-state index in [-0.39, 0.29) is 29.7 Å². The second-order valence-corrected chi connectivity index (χ2v) is 13.6. The zero-order valence-electron chi connectivity index (χ0n) is 24.0. The summed E-state index contributed by atoms with van der Waals surface area (Å²) in [6.07, 6.45) is 0.649. The molecule has 0 saturated carbocycles. The van der Waals surface area contributed by atoms with Crippen molar-refractivity contribution in [1.29, 1.82) is 0 Å². The summed E-state index contributed by atoms with van der Waals surface area (Å²) >= 11 is 1.60. The van der Waals surface area contributed by atoms with Gasteiger partial charge in [0.25, 0.3) is 0 Å². The Kier molecular flexibility index (Phi) is 10.8. The summed E-state index contributed by atoms with van der Waals surface area (Å²) in [7, 11) is -0.715. The van der Waals surface area contributed by atoms with Crippen LogP contribution in [0, 0.1) is 0 Å². The van der Waals surface area contributed by atoms with Gasteiger partial charge in [0.15, 0.2) is 0 Å². The van der Waals surface area contributed by atoms with Gasteiger partial charge < -0.3 is 20.1 Å². The molecule has 2 amide bonds. The zero-order chi connectivity index (χ0) is 31.0. The van der Waals surface area contributed by atoms with Crippen LogP contribution in [0.2, 0.25) is 0 Å². The molecule has 1 saturated heterocycles. The maximum atomic E-state index is 13.6. The molecule has 228 valence electrons. The highest BCUT2D eigenvalue weighted by molar-refractivity contribution is 7.99. The van der Waals surface area contributed by atoms with E-state index in [2.05, 4.69) is 5.32 Å². The fraction of sp³-hybridized carbons (Fsp3) is 0.323. The van der Waals surface area contributed by atoms with Crippen molar-refractivity contribution in [2.24, 2.45) is 0 Å². The first-order valence-electron chi connectivity index (χ1n) is 13.7. The van der Waals surface area contributed by atoms with Crippen LogP contribution in [0.3, 0.4) is 0 Å². The number of aromatic carboxylic acids is 1. The highest BCUT2D eigenvalue weighted by atomic mass is 32.2. The smallest absolute Gasteiger partial charge is 0.335 e. The highest BCUT2D eigenvalue weighted by Gasteiger charge is 2.44. The molecule has 3 aromatic carbocycles. The number of benzene rings is 3. The second kappa shape index (κ2) is 14.5. The van der Waals surface area contributed by atoms with Crippen molar-refractivity contribution in [3.8, 4) is 5.75 Å². The Bertz CT molecular complexity index is 1520. The van der Waals surface area contributed by atoms with Gasteiger partial charge in [-0.25, -0.2) is 13.2 Å². The molecule has 0 aromatic heterocycles. The summed E-state index contributed by atoms with van der Waals surface area (Å²) in [5.74, 6) is -0.753. The number of aryl methyl sites for hydroxylation is 1. The molecule has 2 N–H and O–H groups in total. The molecule has 3 aromatic rings. The number of carbonyl (C=O) groups excluding carboxylic acids is 2. The normalized spacial score (nSPS) is 16.9. The summed E-state index contributed by atoms with van der Waals surface area (Å²) in [4.78, 5) is 38.6. The van der Waals surface area contributed by atoms with Gasteiger partial charge in [0.2, 0.25) is 21.8 Å². The zero-order valence-corrected chi connectivity index (χ0v) is 25.6. The van der Waals surface area contributed by atoms with Crippen LogP contribution in [0.15, 0.2) is 78.9 Å². The maximum Gasteiger partial charge on any atom is 0.335 e. The third kappa shape index (κ3) is 8.82. The number of nitrogens with zero attached hydrogens (tertiary/aromatic N) is 2. The van der Waals surface area contributed by atoms with E-state index in [0.29, 0.717) is 24.3 Å². The van der Waals surface area contributed by atoms with E-state index in [0.717, 1.165) is 16.9 Å². The Hall–Kier alpha value is -3.87. The first-order valence-corrected chi connectivity index (χ1v) is 16.4. The van der Waals surface area contributed by atoms with E-state index in [1.54, 1.807) is 18.9 Å². The lowest BCUT2D eigenvalue weighted by Gasteiger charge is -2.27. The number of ether oxygens (including phenoxy) is 1. The average molecular weight is 626 g/mol. The quantitative estimate of drug-likeness (QED) is 0.294. The number of hydrogen-bond acceptors (Lipinski definition) is 7. The summed E-state index contributed by atoms with van der Waals surface area (Å²) in [5, 5.41) is 11.6. The molecule has 4 rings (SSSR count). The fourth-order valence-corrected chi connectivity index (χ4v) is 7.81. The van der Waals surface area contributed by atoms with Crippen LogP contribution in [0.25, 0.3) is 0 Å². The highest BCUT2D eigenvalue weighted by Crippen LogP contribution is 2.33. The Morgan fingerprint density at radius 2 is 1.67 bits per heavy atom. The van der Waals surface area contributed by atoms with Crippen molar-refractivity contribution < 1.29 is 32.6 Å². The SMILES string of the molecule is COc1ccc(CS[C@@H]2C[C@@H](C(=O)N(C)CC(=O)Nc3ccc(C(=O)O)cc3)N(S(=O)(=O)CCc3ccccc3)C2)cc1.